The molecule has 24 heavy (non-hydrogen) atoms. The largest absolute Gasteiger partial charge is 0.351 e. The van der Waals surface area contributed by atoms with Gasteiger partial charge >= 0.3 is 0 Å². The number of hydrogen-bond acceptors (Lipinski definition) is 1. The lowest BCUT2D eigenvalue weighted by Crippen LogP contribution is -2.51. The summed E-state index contributed by atoms with van der Waals surface area (Å²) in [7, 11) is 0. The first kappa shape index (κ1) is 14.5. The van der Waals surface area contributed by atoms with Crippen molar-refractivity contribution in [3.63, 3.8) is 0 Å². The highest BCUT2D eigenvalue weighted by Gasteiger charge is 2.50. The zero-order valence-corrected chi connectivity index (χ0v) is 14.1. The average molecular weight is 319 g/mol. The van der Waals surface area contributed by atoms with Crippen LogP contribution in [-0.4, -0.2) is 12.5 Å². The van der Waals surface area contributed by atoms with Crippen LogP contribution in [0.1, 0.15) is 48.9 Å². The van der Waals surface area contributed by atoms with Gasteiger partial charge in [0, 0.05) is 12.1 Å². The molecule has 124 valence electrons. The van der Waals surface area contributed by atoms with Gasteiger partial charge in [-0.2, -0.15) is 0 Å². The molecule has 0 spiro atoms. The molecule has 2 aromatic rings. The Bertz CT molecular complexity index is 758. The number of carbonyl (C=O) groups excluding carboxylic acids is 1. The lowest BCUT2D eigenvalue weighted by atomic mass is 9.49. The Labute approximate surface area is 143 Å². The van der Waals surface area contributed by atoms with E-state index < -0.39 is 0 Å². The Kier molecular flexibility index (Phi) is 3.23. The maximum atomic E-state index is 12.7. The number of hydrogen-bond donors (Lipinski definition) is 1. The van der Waals surface area contributed by atoms with Crippen LogP contribution < -0.4 is 5.32 Å². The molecule has 1 N–H and O–H groups in total. The standard InChI is InChI=1S/C22H25NO/c24-21(20-6-5-18-3-1-2-4-19(18)10-20)23-14-22-11-15-7-16(12-22)9-17(8-15)13-22/h1-6,10,15-17H,7-9,11-14H2,(H,23,24). The van der Waals surface area contributed by atoms with Gasteiger partial charge in [-0.1, -0.05) is 30.3 Å². The summed E-state index contributed by atoms with van der Waals surface area (Å²) in [4.78, 5) is 12.7. The van der Waals surface area contributed by atoms with Crippen LogP contribution in [0.15, 0.2) is 42.5 Å². The molecule has 0 aromatic heterocycles. The van der Waals surface area contributed by atoms with E-state index in [9.17, 15) is 4.79 Å². The van der Waals surface area contributed by atoms with E-state index in [-0.39, 0.29) is 5.91 Å². The minimum Gasteiger partial charge on any atom is -0.351 e. The fourth-order valence-corrected chi connectivity index (χ4v) is 6.21. The molecule has 0 heterocycles. The molecule has 0 unspecified atom stereocenters. The molecule has 6 rings (SSSR count). The van der Waals surface area contributed by atoms with Crippen molar-refractivity contribution in [2.45, 2.75) is 38.5 Å². The predicted octanol–water partition coefficient (Wildman–Crippen LogP) is 4.79. The molecule has 4 aliphatic carbocycles. The zero-order valence-electron chi connectivity index (χ0n) is 14.1. The second-order valence-corrected chi connectivity index (χ2v) is 8.66. The van der Waals surface area contributed by atoms with Crippen molar-refractivity contribution >= 4 is 16.7 Å². The van der Waals surface area contributed by atoms with Crippen molar-refractivity contribution in [3.05, 3.63) is 48.0 Å². The highest BCUT2D eigenvalue weighted by Crippen LogP contribution is 2.59. The van der Waals surface area contributed by atoms with Crippen LogP contribution in [0, 0.1) is 23.2 Å². The summed E-state index contributed by atoms with van der Waals surface area (Å²) in [5, 5.41) is 5.61. The molecule has 0 atom stereocenters. The Balaban J connectivity index is 1.31. The van der Waals surface area contributed by atoms with E-state index in [0.29, 0.717) is 5.41 Å². The summed E-state index contributed by atoms with van der Waals surface area (Å²) in [5.41, 5.74) is 1.19. The van der Waals surface area contributed by atoms with Crippen LogP contribution in [0.25, 0.3) is 10.8 Å². The average Bonchev–Trinajstić information content (AvgIpc) is 2.58. The molecule has 0 radical (unpaired) electrons. The Morgan fingerprint density at radius 2 is 1.54 bits per heavy atom. The minimum absolute atomic E-state index is 0.0940. The highest BCUT2D eigenvalue weighted by molar-refractivity contribution is 5.98. The van der Waals surface area contributed by atoms with Crippen molar-refractivity contribution in [2.24, 2.45) is 23.2 Å². The van der Waals surface area contributed by atoms with Gasteiger partial charge in [-0.3, -0.25) is 4.79 Å². The third kappa shape index (κ3) is 2.44. The molecule has 4 fully saturated rings. The Hall–Kier alpha value is -1.83. The molecule has 2 nitrogen and oxygen atoms in total. The second kappa shape index (κ2) is 5.34. The van der Waals surface area contributed by atoms with Gasteiger partial charge in [0.1, 0.15) is 0 Å². The van der Waals surface area contributed by atoms with Crippen molar-refractivity contribution in [2.75, 3.05) is 6.54 Å². The number of benzene rings is 2. The number of amides is 1. The summed E-state index contributed by atoms with van der Waals surface area (Å²) >= 11 is 0. The van der Waals surface area contributed by atoms with Gasteiger partial charge < -0.3 is 5.32 Å². The number of fused-ring (bicyclic) bond motifs is 1. The molecule has 4 aliphatic rings. The second-order valence-electron chi connectivity index (χ2n) is 8.66. The Morgan fingerprint density at radius 3 is 2.21 bits per heavy atom. The van der Waals surface area contributed by atoms with Crippen LogP contribution in [0.4, 0.5) is 0 Å². The van der Waals surface area contributed by atoms with Gasteiger partial charge in [-0.25, -0.2) is 0 Å². The number of carbonyl (C=O) groups is 1. The minimum atomic E-state index is 0.0940. The van der Waals surface area contributed by atoms with Crippen LogP contribution in [-0.2, 0) is 0 Å². The fraction of sp³-hybridized carbons (Fsp3) is 0.500. The first-order valence-electron chi connectivity index (χ1n) is 9.46. The topological polar surface area (TPSA) is 29.1 Å². The smallest absolute Gasteiger partial charge is 0.251 e. The van der Waals surface area contributed by atoms with Crippen molar-refractivity contribution < 1.29 is 4.79 Å². The molecule has 2 aromatic carbocycles. The summed E-state index contributed by atoms with van der Waals surface area (Å²) in [5.74, 6) is 2.91. The van der Waals surface area contributed by atoms with E-state index in [1.807, 2.05) is 24.3 Å². The maximum absolute atomic E-state index is 12.7. The van der Waals surface area contributed by atoms with Crippen molar-refractivity contribution in [1.29, 1.82) is 0 Å². The third-order valence-corrected chi connectivity index (χ3v) is 6.80. The monoisotopic (exact) mass is 319 g/mol. The SMILES string of the molecule is O=C(NCC12CC3CC(CC(C3)C1)C2)c1ccc2ccccc2c1. The van der Waals surface area contributed by atoms with Gasteiger partial charge in [0.05, 0.1) is 0 Å². The van der Waals surface area contributed by atoms with Crippen LogP contribution in [0.5, 0.6) is 0 Å². The van der Waals surface area contributed by atoms with E-state index in [1.165, 1.54) is 43.9 Å². The summed E-state index contributed by atoms with van der Waals surface area (Å²) in [6.45, 7) is 0.877. The van der Waals surface area contributed by atoms with Gasteiger partial charge in [-0.05, 0) is 84.6 Å². The summed E-state index contributed by atoms with van der Waals surface area (Å²) in [6.07, 6.45) is 8.40. The molecule has 0 saturated heterocycles. The van der Waals surface area contributed by atoms with Gasteiger partial charge in [0.15, 0.2) is 0 Å². The summed E-state index contributed by atoms with van der Waals surface area (Å²) in [6, 6.07) is 14.3. The first-order valence-corrected chi connectivity index (χ1v) is 9.46. The predicted molar refractivity (Wildman–Crippen MR) is 96.9 cm³/mol. The van der Waals surface area contributed by atoms with Crippen LogP contribution >= 0.6 is 0 Å². The normalized spacial score (nSPS) is 33.8. The van der Waals surface area contributed by atoms with E-state index >= 15 is 0 Å². The van der Waals surface area contributed by atoms with Gasteiger partial charge in [0.25, 0.3) is 5.91 Å². The number of rotatable bonds is 3. The fourth-order valence-electron chi connectivity index (χ4n) is 6.21. The van der Waals surface area contributed by atoms with E-state index in [1.54, 1.807) is 0 Å². The molecule has 2 heteroatoms. The Morgan fingerprint density at radius 1 is 0.917 bits per heavy atom. The quantitative estimate of drug-likeness (QED) is 0.866. The van der Waals surface area contributed by atoms with E-state index in [0.717, 1.165) is 35.2 Å². The zero-order chi connectivity index (χ0) is 16.1. The molecule has 0 aliphatic heterocycles. The van der Waals surface area contributed by atoms with Gasteiger partial charge in [0.2, 0.25) is 0 Å². The lowest BCUT2D eigenvalue weighted by molar-refractivity contribution is -0.0503. The summed E-state index contributed by atoms with van der Waals surface area (Å²) < 4.78 is 0. The molecule has 4 saturated carbocycles. The molecule has 4 bridgehead atoms. The first-order chi connectivity index (χ1) is 11.7. The highest BCUT2D eigenvalue weighted by atomic mass is 16.1. The van der Waals surface area contributed by atoms with Gasteiger partial charge in [-0.15, -0.1) is 0 Å². The van der Waals surface area contributed by atoms with Crippen molar-refractivity contribution in [3.8, 4) is 0 Å². The maximum Gasteiger partial charge on any atom is 0.251 e. The molecule has 1 amide bonds. The molecular weight excluding hydrogens is 294 g/mol. The third-order valence-electron chi connectivity index (χ3n) is 6.80. The van der Waals surface area contributed by atoms with E-state index in [2.05, 4.69) is 23.5 Å². The van der Waals surface area contributed by atoms with Crippen molar-refractivity contribution in [1.82, 2.24) is 5.32 Å². The van der Waals surface area contributed by atoms with Crippen LogP contribution in [0.2, 0.25) is 0 Å². The lowest BCUT2D eigenvalue weighted by Gasteiger charge is -2.56. The molecular formula is C22H25NO. The van der Waals surface area contributed by atoms with E-state index in [4.69, 9.17) is 0 Å². The number of nitrogens with one attached hydrogen (secondary N) is 1. The van der Waals surface area contributed by atoms with Crippen LogP contribution in [0.3, 0.4) is 0 Å².